The van der Waals surface area contributed by atoms with E-state index in [0.717, 1.165) is 34.1 Å². The van der Waals surface area contributed by atoms with Crippen LogP contribution >= 0.6 is 15.9 Å². The topological polar surface area (TPSA) is 37.8 Å². The van der Waals surface area contributed by atoms with Crippen molar-refractivity contribution in [3.63, 3.8) is 0 Å². The number of hydrogen-bond donors (Lipinski definition) is 1. The van der Waals surface area contributed by atoms with E-state index < -0.39 is 0 Å². The summed E-state index contributed by atoms with van der Waals surface area (Å²) < 4.78 is 1.01. The van der Waals surface area contributed by atoms with E-state index >= 15 is 0 Å². The minimum Gasteiger partial charge on any atom is -0.372 e. The second kappa shape index (κ2) is 5.34. The molecule has 1 N–H and O–H groups in total. The van der Waals surface area contributed by atoms with Crippen LogP contribution in [-0.2, 0) is 6.42 Å². The van der Waals surface area contributed by atoms with Gasteiger partial charge in [-0.2, -0.15) is 0 Å². The van der Waals surface area contributed by atoms with Crippen molar-refractivity contribution in [2.24, 2.45) is 5.92 Å². The van der Waals surface area contributed by atoms with Gasteiger partial charge in [0.2, 0.25) is 0 Å². The molecule has 2 unspecified atom stereocenters. The predicted molar refractivity (Wildman–Crippen MR) is 74.4 cm³/mol. The van der Waals surface area contributed by atoms with Gasteiger partial charge in [-0.1, -0.05) is 13.8 Å². The SMILES string of the molecule is CCc1nc(C2CCC(C)C2)nc(NC)c1Br. The van der Waals surface area contributed by atoms with Crippen molar-refractivity contribution < 1.29 is 0 Å². The Labute approximate surface area is 112 Å². The van der Waals surface area contributed by atoms with Gasteiger partial charge in [0.25, 0.3) is 0 Å². The van der Waals surface area contributed by atoms with E-state index in [2.05, 4.69) is 40.1 Å². The smallest absolute Gasteiger partial charge is 0.144 e. The first kappa shape index (κ1) is 12.8. The first-order valence-electron chi connectivity index (χ1n) is 6.39. The van der Waals surface area contributed by atoms with E-state index in [0.29, 0.717) is 5.92 Å². The maximum absolute atomic E-state index is 4.72. The highest BCUT2D eigenvalue weighted by molar-refractivity contribution is 9.10. The standard InChI is InChI=1S/C13H20BrN3/c1-4-10-11(14)13(15-3)17-12(16-10)9-6-5-8(2)7-9/h8-9H,4-7H2,1-3H3,(H,15,16,17). The lowest BCUT2D eigenvalue weighted by Gasteiger charge is -2.13. The minimum atomic E-state index is 0.551. The Hall–Kier alpha value is -0.640. The molecule has 2 rings (SSSR count). The summed E-state index contributed by atoms with van der Waals surface area (Å²) in [4.78, 5) is 9.36. The second-order valence-electron chi connectivity index (χ2n) is 4.91. The van der Waals surface area contributed by atoms with Gasteiger partial charge in [0.1, 0.15) is 11.6 Å². The summed E-state index contributed by atoms with van der Waals surface area (Å²) in [5.74, 6) is 3.32. The van der Waals surface area contributed by atoms with E-state index in [1.165, 1.54) is 19.3 Å². The number of aryl methyl sites for hydroxylation is 1. The fourth-order valence-electron chi connectivity index (χ4n) is 2.54. The van der Waals surface area contributed by atoms with E-state index in [9.17, 15) is 0 Å². The lowest BCUT2D eigenvalue weighted by atomic mass is 10.1. The summed E-state index contributed by atoms with van der Waals surface area (Å²) >= 11 is 3.57. The van der Waals surface area contributed by atoms with E-state index in [4.69, 9.17) is 4.98 Å². The van der Waals surface area contributed by atoms with E-state index in [1.54, 1.807) is 0 Å². The van der Waals surface area contributed by atoms with Crippen molar-refractivity contribution in [1.29, 1.82) is 0 Å². The molecular weight excluding hydrogens is 278 g/mol. The third kappa shape index (κ3) is 2.62. The molecule has 0 spiro atoms. The molecule has 0 radical (unpaired) electrons. The molecule has 2 atom stereocenters. The van der Waals surface area contributed by atoms with Gasteiger partial charge in [-0.15, -0.1) is 0 Å². The molecule has 0 aromatic carbocycles. The maximum atomic E-state index is 4.72. The third-order valence-corrected chi connectivity index (χ3v) is 4.40. The van der Waals surface area contributed by atoms with Crippen LogP contribution in [-0.4, -0.2) is 17.0 Å². The summed E-state index contributed by atoms with van der Waals surface area (Å²) in [7, 11) is 1.91. The predicted octanol–water partition coefficient (Wildman–Crippen LogP) is 3.75. The molecule has 3 nitrogen and oxygen atoms in total. The van der Waals surface area contributed by atoms with Gasteiger partial charge in [0, 0.05) is 13.0 Å². The summed E-state index contributed by atoms with van der Waals surface area (Å²) in [5.41, 5.74) is 1.11. The van der Waals surface area contributed by atoms with Crippen LogP contribution in [0.5, 0.6) is 0 Å². The highest BCUT2D eigenvalue weighted by atomic mass is 79.9. The summed E-state index contributed by atoms with van der Waals surface area (Å²) in [6.07, 6.45) is 4.70. The average molecular weight is 298 g/mol. The third-order valence-electron chi connectivity index (χ3n) is 3.57. The monoisotopic (exact) mass is 297 g/mol. The molecular formula is C13H20BrN3. The van der Waals surface area contributed by atoms with Gasteiger partial charge in [-0.05, 0) is 47.5 Å². The normalized spacial score (nSPS) is 24.0. The van der Waals surface area contributed by atoms with Crippen LogP contribution in [0, 0.1) is 5.92 Å². The Morgan fingerprint density at radius 1 is 1.35 bits per heavy atom. The molecule has 1 aliphatic carbocycles. The Balaban J connectivity index is 2.34. The van der Waals surface area contributed by atoms with Gasteiger partial charge in [-0.25, -0.2) is 9.97 Å². The van der Waals surface area contributed by atoms with Gasteiger partial charge < -0.3 is 5.32 Å². The van der Waals surface area contributed by atoms with Crippen LogP contribution < -0.4 is 5.32 Å². The first-order chi connectivity index (χ1) is 8.15. The number of nitrogens with one attached hydrogen (secondary N) is 1. The molecule has 1 aliphatic rings. The Bertz CT molecular complexity index is 381. The highest BCUT2D eigenvalue weighted by Crippen LogP contribution is 2.37. The quantitative estimate of drug-likeness (QED) is 0.923. The van der Waals surface area contributed by atoms with Crippen molar-refractivity contribution >= 4 is 21.7 Å². The molecule has 0 amide bonds. The average Bonchev–Trinajstić information content (AvgIpc) is 2.76. The molecule has 1 aromatic heterocycles. The minimum absolute atomic E-state index is 0.551. The van der Waals surface area contributed by atoms with Gasteiger partial charge in [0.05, 0.1) is 10.2 Å². The molecule has 1 heterocycles. The zero-order valence-corrected chi connectivity index (χ0v) is 12.3. The van der Waals surface area contributed by atoms with Crippen LogP contribution in [0.1, 0.15) is 50.5 Å². The number of nitrogens with zero attached hydrogens (tertiary/aromatic N) is 2. The van der Waals surface area contributed by atoms with Crippen LogP contribution in [0.4, 0.5) is 5.82 Å². The zero-order valence-electron chi connectivity index (χ0n) is 10.8. The van der Waals surface area contributed by atoms with Crippen LogP contribution in [0.2, 0.25) is 0 Å². The van der Waals surface area contributed by atoms with Gasteiger partial charge >= 0.3 is 0 Å². The Morgan fingerprint density at radius 3 is 2.65 bits per heavy atom. The maximum Gasteiger partial charge on any atom is 0.144 e. The van der Waals surface area contributed by atoms with Gasteiger partial charge in [0.15, 0.2) is 0 Å². The summed E-state index contributed by atoms with van der Waals surface area (Å²) in [6.45, 7) is 4.45. The number of hydrogen-bond acceptors (Lipinski definition) is 3. The van der Waals surface area contributed by atoms with Crippen molar-refractivity contribution in [3.8, 4) is 0 Å². The molecule has 0 aliphatic heterocycles. The van der Waals surface area contributed by atoms with E-state index in [-0.39, 0.29) is 0 Å². The Morgan fingerprint density at radius 2 is 2.12 bits per heavy atom. The molecule has 17 heavy (non-hydrogen) atoms. The summed E-state index contributed by atoms with van der Waals surface area (Å²) in [6, 6.07) is 0. The molecule has 1 fully saturated rings. The number of halogens is 1. The largest absolute Gasteiger partial charge is 0.372 e. The highest BCUT2D eigenvalue weighted by Gasteiger charge is 2.26. The van der Waals surface area contributed by atoms with Crippen molar-refractivity contribution in [2.75, 3.05) is 12.4 Å². The van der Waals surface area contributed by atoms with Crippen molar-refractivity contribution in [3.05, 3.63) is 16.0 Å². The first-order valence-corrected chi connectivity index (χ1v) is 7.19. The Kier molecular flexibility index (Phi) is 4.02. The molecule has 1 saturated carbocycles. The molecule has 1 aromatic rings. The van der Waals surface area contributed by atoms with Crippen molar-refractivity contribution in [1.82, 2.24) is 9.97 Å². The fraction of sp³-hybridized carbons (Fsp3) is 0.692. The summed E-state index contributed by atoms with van der Waals surface area (Å²) in [5, 5.41) is 3.15. The molecule has 4 heteroatoms. The van der Waals surface area contributed by atoms with Crippen LogP contribution in [0.25, 0.3) is 0 Å². The number of anilines is 1. The lowest BCUT2D eigenvalue weighted by molar-refractivity contribution is 0.584. The number of aromatic nitrogens is 2. The van der Waals surface area contributed by atoms with Crippen molar-refractivity contribution in [2.45, 2.75) is 45.4 Å². The zero-order chi connectivity index (χ0) is 12.4. The molecule has 0 saturated heterocycles. The van der Waals surface area contributed by atoms with Crippen LogP contribution in [0.15, 0.2) is 4.47 Å². The lowest BCUT2D eigenvalue weighted by Crippen LogP contribution is -2.08. The van der Waals surface area contributed by atoms with Gasteiger partial charge in [-0.3, -0.25) is 0 Å². The molecule has 0 bridgehead atoms. The number of rotatable bonds is 3. The molecule has 94 valence electrons. The fourth-order valence-corrected chi connectivity index (χ4v) is 3.19. The van der Waals surface area contributed by atoms with Crippen LogP contribution in [0.3, 0.4) is 0 Å². The second-order valence-corrected chi connectivity index (χ2v) is 5.70. The van der Waals surface area contributed by atoms with E-state index in [1.807, 2.05) is 7.05 Å².